The molecule has 4 rings (SSSR count). The number of nitrogens with zero attached hydrogens (tertiary/aromatic N) is 3. The van der Waals surface area contributed by atoms with Gasteiger partial charge in [0.15, 0.2) is 0 Å². The van der Waals surface area contributed by atoms with Gasteiger partial charge in [-0.1, -0.05) is 61.8 Å². The molecule has 39 heavy (non-hydrogen) atoms. The molecule has 0 spiro atoms. The number of anilines is 1. The van der Waals surface area contributed by atoms with Crippen LogP contribution in [0, 0.1) is 18.7 Å². The van der Waals surface area contributed by atoms with Crippen molar-refractivity contribution in [1.29, 1.82) is 0 Å². The third-order valence-corrected chi connectivity index (χ3v) is 6.66. The van der Waals surface area contributed by atoms with Gasteiger partial charge < -0.3 is 10.2 Å². The van der Waals surface area contributed by atoms with Crippen molar-refractivity contribution in [1.82, 2.24) is 14.9 Å². The van der Waals surface area contributed by atoms with E-state index in [2.05, 4.69) is 19.2 Å². The number of aromatic nitrogens is 2. The molecule has 3 aromatic carbocycles. The highest BCUT2D eigenvalue weighted by Crippen LogP contribution is 2.23. The molecule has 4 aromatic rings. The number of nitrogens with one attached hydrogen (secondary N) is 1. The Bertz CT molecular complexity index is 1550. The van der Waals surface area contributed by atoms with E-state index in [1.165, 1.54) is 6.07 Å². The molecule has 204 valence electrons. The summed E-state index contributed by atoms with van der Waals surface area (Å²) in [5, 5.41) is 4.02. The minimum atomic E-state index is -0.744. The molecule has 0 radical (unpaired) electrons. The second-order valence-corrected chi connectivity index (χ2v) is 11.5. The molecule has 0 bridgehead atoms. The maximum atomic E-state index is 14.1. The van der Waals surface area contributed by atoms with Crippen LogP contribution in [0.4, 0.5) is 10.3 Å². The van der Waals surface area contributed by atoms with Crippen LogP contribution in [0.25, 0.3) is 10.9 Å². The standard InChI is InChI=1S/C31H34ClFN4O2/c1-20(2)17-36(19-31(4,5)35-28(38)23-12-11-21(3)26(33)15-23)30-34-27-16-24(32)13-14-25(27)29(39)37(30)18-22-9-7-6-8-10-22/h6-16,20H,17-19H2,1-5H3,(H,35,38). The number of carbonyl (C=O) groups excluding carboxylic acids is 1. The summed E-state index contributed by atoms with van der Waals surface area (Å²) >= 11 is 6.26. The lowest BCUT2D eigenvalue weighted by molar-refractivity contribution is 0.0914. The van der Waals surface area contributed by atoms with Crippen LogP contribution in [0.1, 0.15) is 49.2 Å². The van der Waals surface area contributed by atoms with Gasteiger partial charge in [0.05, 0.1) is 23.0 Å². The molecule has 1 aromatic heterocycles. The summed E-state index contributed by atoms with van der Waals surface area (Å²) < 4.78 is 15.8. The zero-order valence-corrected chi connectivity index (χ0v) is 23.7. The lowest BCUT2D eigenvalue weighted by Crippen LogP contribution is -2.53. The Morgan fingerprint density at radius 3 is 2.49 bits per heavy atom. The topological polar surface area (TPSA) is 67.2 Å². The Hall–Kier alpha value is -3.71. The fourth-order valence-corrected chi connectivity index (χ4v) is 4.79. The van der Waals surface area contributed by atoms with Crippen molar-refractivity contribution in [2.45, 2.75) is 46.7 Å². The van der Waals surface area contributed by atoms with Crippen LogP contribution in [0.5, 0.6) is 0 Å². The van der Waals surface area contributed by atoms with Crippen LogP contribution in [-0.2, 0) is 6.54 Å². The van der Waals surface area contributed by atoms with Gasteiger partial charge in [-0.15, -0.1) is 0 Å². The number of hydrogen-bond donors (Lipinski definition) is 1. The number of hydrogen-bond acceptors (Lipinski definition) is 4. The van der Waals surface area contributed by atoms with Gasteiger partial charge in [0.25, 0.3) is 11.5 Å². The molecule has 6 nitrogen and oxygen atoms in total. The van der Waals surface area contributed by atoms with E-state index in [0.29, 0.717) is 47.1 Å². The fraction of sp³-hybridized carbons (Fsp3) is 0.323. The van der Waals surface area contributed by atoms with E-state index in [0.717, 1.165) is 5.56 Å². The van der Waals surface area contributed by atoms with Gasteiger partial charge in [0.1, 0.15) is 5.82 Å². The van der Waals surface area contributed by atoms with E-state index >= 15 is 0 Å². The summed E-state index contributed by atoms with van der Waals surface area (Å²) in [7, 11) is 0. The summed E-state index contributed by atoms with van der Waals surface area (Å²) in [5.41, 5.74) is 1.30. The summed E-state index contributed by atoms with van der Waals surface area (Å²) in [6.45, 7) is 10.9. The lowest BCUT2D eigenvalue weighted by atomic mass is 10.0. The van der Waals surface area contributed by atoms with Gasteiger partial charge in [-0.3, -0.25) is 14.2 Å². The van der Waals surface area contributed by atoms with Gasteiger partial charge in [-0.25, -0.2) is 9.37 Å². The van der Waals surface area contributed by atoms with E-state index in [-0.39, 0.29) is 22.9 Å². The SMILES string of the molecule is Cc1ccc(C(=O)NC(C)(C)CN(CC(C)C)c2nc3cc(Cl)ccc3c(=O)n2Cc2ccccc2)cc1F. The molecule has 0 saturated heterocycles. The maximum absolute atomic E-state index is 14.1. The molecule has 0 aliphatic heterocycles. The van der Waals surface area contributed by atoms with Gasteiger partial charge >= 0.3 is 0 Å². The number of amides is 1. The van der Waals surface area contributed by atoms with E-state index in [1.54, 1.807) is 41.8 Å². The number of benzene rings is 3. The Labute approximate surface area is 233 Å². The van der Waals surface area contributed by atoms with E-state index in [4.69, 9.17) is 16.6 Å². The first-order valence-corrected chi connectivity index (χ1v) is 13.4. The van der Waals surface area contributed by atoms with Crippen LogP contribution in [0.3, 0.4) is 0 Å². The Balaban J connectivity index is 1.75. The van der Waals surface area contributed by atoms with Crippen LogP contribution >= 0.6 is 11.6 Å². The average molecular weight is 549 g/mol. The number of aryl methyl sites for hydroxylation is 1. The first-order chi connectivity index (χ1) is 18.4. The second-order valence-electron chi connectivity index (χ2n) is 11.0. The van der Waals surface area contributed by atoms with Gasteiger partial charge in [-0.05, 0) is 68.1 Å². The Morgan fingerprint density at radius 1 is 1.10 bits per heavy atom. The smallest absolute Gasteiger partial charge is 0.263 e. The van der Waals surface area contributed by atoms with Crippen LogP contribution in [-0.4, -0.2) is 34.1 Å². The molecule has 1 N–H and O–H groups in total. The summed E-state index contributed by atoms with van der Waals surface area (Å²) in [6.07, 6.45) is 0. The minimum absolute atomic E-state index is 0.166. The predicted octanol–water partition coefficient (Wildman–Crippen LogP) is 6.22. The van der Waals surface area contributed by atoms with Gasteiger partial charge in [0, 0.05) is 23.7 Å². The van der Waals surface area contributed by atoms with Crippen molar-refractivity contribution in [3.8, 4) is 0 Å². The first-order valence-electron chi connectivity index (χ1n) is 13.0. The van der Waals surface area contributed by atoms with Crippen molar-refractivity contribution >= 4 is 34.4 Å². The normalized spacial score (nSPS) is 11.7. The molecule has 1 amide bonds. The molecule has 0 saturated carbocycles. The first kappa shape index (κ1) is 28.3. The number of carbonyl (C=O) groups is 1. The molecule has 0 fully saturated rings. The Morgan fingerprint density at radius 2 is 1.82 bits per heavy atom. The highest BCUT2D eigenvalue weighted by Gasteiger charge is 2.28. The van der Waals surface area contributed by atoms with Crippen LogP contribution < -0.4 is 15.8 Å². The highest BCUT2D eigenvalue weighted by atomic mass is 35.5. The van der Waals surface area contributed by atoms with Crippen molar-refractivity contribution < 1.29 is 9.18 Å². The third-order valence-electron chi connectivity index (χ3n) is 6.42. The largest absolute Gasteiger partial charge is 0.345 e. The zero-order chi connectivity index (χ0) is 28.3. The summed E-state index contributed by atoms with van der Waals surface area (Å²) in [4.78, 5) is 33.8. The zero-order valence-electron chi connectivity index (χ0n) is 23.0. The minimum Gasteiger partial charge on any atom is -0.345 e. The Kier molecular flexibility index (Phi) is 8.40. The van der Waals surface area contributed by atoms with Gasteiger partial charge in [0.2, 0.25) is 5.95 Å². The number of halogens is 2. The van der Waals surface area contributed by atoms with E-state index in [9.17, 15) is 14.0 Å². The molecule has 0 aliphatic carbocycles. The van der Waals surface area contributed by atoms with Gasteiger partial charge in [-0.2, -0.15) is 0 Å². The molecule has 0 unspecified atom stereocenters. The quantitative estimate of drug-likeness (QED) is 0.270. The monoisotopic (exact) mass is 548 g/mol. The number of fused-ring (bicyclic) bond motifs is 1. The van der Waals surface area contributed by atoms with E-state index < -0.39 is 11.4 Å². The summed E-state index contributed by atoms with van der Waals surface area (Å²) in [5.74, 6) is -0.0648. The highest BCUT2D eigenvalue weighted by molar-refractivity contribution is 6.31. The molecule has 8 heteroatoms. The van der Waals surface area contributed by atoms with Crippen molar-refractivity contribution in [3.05, 3.63) is 105 Å². The molecule has 0 atom stereocenters. The fourth-order valence-electron chi connectivity index (χ4n) is 4.62. The lowest BCUT2D eigenvalue weighted by Gasteiger charge is -2.36. The molecule has 0 aliphatic rings. The van der Waals surface area contributed by atoms with Crippen molar-refractivity contribution in [2.75, 3.05) is 18.0 Å². The van der Waals surface area contributed by atoms with Crippen LogP contribution in [0.15, 0.2) is 71.5 Å². The second kappa shape index (κ2) is 11.6. The molecular weight excluding hydrogens is 515 g/mol. The average Bonchev–Trinajstić information content (AvgIpc) is 2.86. The van der Waals surface area contributed by atoms with Crippen LogP contribution in [0.2, 0.25) is 5.02 Å². The number of rotatable bonds is 9. The molecular formula is C31H34ClFN4O2. The maximum Gasteiger partial charge on any atom is 0.263 e. The predicted molar refractivity (Wildman–Crippen MR) is 156 cm³/mol. The van der Waals surface area contributed by atoms with Crippen molar-refractivity contribution in [3.63, 3.8) is 0 Å². The third kappa shape index (κ3) is 6.84. The van der Waals surface area contributed by atoms with Crippen molar-refractivity contribution in [2.24, 2.45) is 5.92 Å². The summed E-state index contributed by atoms with van der Waals surface area (Å²) in [6, 6.07) is 19.3. The van der Waals surface area contributed by atoms with E-state index in [1.807, 2.05) is 49.1 Å². The molecule has 1 heterocycles.